The zero-order valence-electron chi connectivity index (χ0n) is 10.8. The van der Waals surface area contributed by atoms with Crippen LogP contribution in [0.2, 0.25) is 0 Å². The van der Waals surface area contributed by atoms with Crippen molar-refractivity contribution in [3.63, 3.8) is 0 Å². The molecule has 0 aliphatic heterocycles. The molecule has 2 aromatic carbocycles. The van der Waals surface area contributed by atoms with Crippen LogP contribution in [-0.2, 0) is 5.75 Å². The number of thioether (sulfide) groups is 1. The fourth-order valence-corrected chi connectivity index (χ4v) is 3.52. The van der Waals surface area contributed by atoms with Crippen LogP contribution in [-0.4, -0.2) is 9.97 Å². The van der Waals surface area contributed by atoms with Crippen molar-refractivity contribution in [1.29, 1.82) is 0 Å². The van der Waals surface area contributed by atoms with Crippen LogP contribution in [0.5, 0.6) is 0 Å². The molecule has 0 amide bonds. The minimum atomic E-state index is -0.232. The van der Waals surface area contributed by atoms with Gasteiger partial charge < -0.3 is 4.98 Å². The third-order valence-corrected chi connectivity index (χ3v) is 4.66. The van der Waals surface area contributed by atoms with Gasteiger partial charge in [-0.15, -0.1) is 0 Å². The fourth-order valence-electron chi connectivity index (χ4n) is 1.95. The van der Waals surface area contributed by atoms with E-state index in [1.165, 1.54) is 17.7 Å². The minimum Gasteiger partial charge on any atom is -0.333 e. The van der Waals surface area contributed by atoms with Crippen LogP contribution in [0.1, 0.15) is 11.1 Å². The van der Waals surface area contributed by atoms with Crippen LogP contribution >= 0.6 is 27.7 Å². The number of fused-ring (bicyclic) bond motifs is 1. The molecule has 0 saturated heterocycles. The molecule has 3 aromatic rings. The predicted octanol–water partition coefficient (Wildman–Crippen LogP) is 5.07. The predicted molar refractivity (Wildman–Crippen MR) is 84.5 cm³/mol. The van der Waals surface area contributed by atoms with Gasteiger partial charge in [0.25, 0.3) is 0 Å². The van der Waals surface area contributed by atoms with Gasteiger partial charge in [0.1, 0.15) is 5.82 Å². The Morgan fingerprint density at radius 1 is 1.25 bits per heavy atom. The minimum absolute atomic E-state index is 0.232. The van der Waals surface area contributed by atoms with Crippen molar-refractivity contribution in [3.05, 3.63) is 57.8 Å². The van der Waals surface area contributed by atoms with Crippen molar-refractivity contribution in [2.75, 3.05) is 0 Å². The summed E-state index contributed by atoms with van der Waals surface area (Å²) < 4.78 is 13.8. The number of rotatable bonds is 3. The Kier molecular flexibility index (Phi) is 3.81. The van der Waals surface area contributed by atoms with Gasteiger partial charge >= 0.3 is 0 Å². The van der Waals surface area contributed by atoms with Gasteiger partial charge in [-0.05, 0) is 42.3 Å². The number of aromatic amines is 1. The summed E-state index contributed by atoms with van der Waals surface area (Å²) in [5, 5.41) is 0.877. The van der Waals surface area contributed by atoms with Gasteiger partial charge in [-0.25, -0.2) is 9.37 Å². The van der Waals surface area contributed by atoms with E-state index in [2.05, 4.69) is 38.9 Å². The molecule has 20 heavy (non-hydrogen) atoms. The molecule has 0 bridgehead atoms. The number of aryl methyl sites for hydroxylation is 1. The highest BCUT2D eigenvalue weighted by molar-refractivity contribution is 9.10. The Morgan fingerprint density at radius 3 is 2.90 bits per heavy atom. The third-order valence-electron chi connectivity index (χ3n) is 3.00. The molecule has 0 atom stereocenters. The van der Waals surface area contributed by atoms with E-state index in [4.69, 9.17) is 0 Å². The van der Waals surface area contributed by atoms with Crippen LogP contribution < -0.4 is 0 Å². The van der Waals surface area contributed by atoms with Crippen LogP contribution in [0, 0.1) is 12.7 Å². The topological polar surface area (TPSA) is 28.7 Å². The molecule has 0 aliphatic carbocycles. The maximum absolute atomic E-state index is 13.0. The molecule has 102 valence electrons. The number of hydrogen-bond acceptors (Lipinski definition) is 2. The van der Waals surface area contributed by atoms with E-state index >= 15 is 0 Å². The highest BCUT2D eigenvalue weighted by Crippen LogP contribution is 2.27. The Balaban J connectivity index is 1.79. The van der Waals surface area contributed by atoms with E-state index in [0.717, 1.165) is 32.0 Å². The van der Waals surface area contributed by atoms with Crippen molar-refractivity contribution in [2.45, 2.75) is 17.8 Å². The Bertz CT molecular complexity index is 770. The Labute approximate surface area is 128 Å². The molecule has 2 nitrogen and oxygen atoms in total. The summed E-state index contributed by atoms with van der Waals surface area (Å²) in [5.41, 5.74) is 4.27. The van der Waals surface area contributed by atoms with Crippen molar-refractivity contribution in [1.82, 2.24) is 9.97 Å². The van der Waals surface area contributed by atoms with Gasteiger partial charge in [0, 0.05) is 10.2 Å². The number of nitrogens with zero attached hydrogens (tertiary/aromatic N) is 1. The van der Waals surface area contributed by atoms with Gasteiger partial charge in [-0.1, -0.05) is 39.8 Å². The maximum Gasteiger partial charge on any atom is 0.166 e. The quantitative estimate of drug-likeness (QED) is 0.668. The molecular formula is C15H12BrFN2S. The average molecular weight is 351 g/mol. The molecule has 1 N–H and O–H groups in total. The lowest BCUT2D eigenvalue weighted by molar-refractivity contribution is 0.626. The monoisotopic (exact) mass is 350 g/mol. The second-order valence-electron chi connectivity index (χ2n) is 4.59. The fraction of sp³-hybridized carbons (Fsp3) is 0.133. The van der Waals surface area contributed by atoms with Gasteiger partial charge in [0.2, 0.25) is 0 Å². The highest BCUT2D eigenvalue weighted by atomic mass is 79.9. The van der Waals surface area contributed by atoms with Crippen molar-refractivity contribution < 1.29 is 4.39 Å². The summed E-state index contributed by atoms with van der Waals surface area (Å²) in [6.07, 6.45) is 0. The van der Waals surface area contributed by atoms with Crippen molar-refractivity contribution in [3.8, 4) is 0 Å². The normalized spacial score (nSPS) is 11.2. The first kappa shape index (κ1) is 13.6. The van der Waals surface area contributed by atoms with Crippen molar-refractivity contribution >= 4 is 38.7 Å². The number of hydrogen-bond donors (Lipinski definition) is 1. The van der Waals surface area contributed by atoms with E-state index in [0.29, 0.717) is 0 Å². The highest BCUT2D eigenvalue weighted by Gasteiger charge is 2.06. The molecule has 0 spiro atoms. The summed E-state index contributed by atoms with van der Waals surface area (Å²) in [5.74, 6) is 0.504. The first-order chi connectivity index (χ1) is 9.61. The van der Waals surface area contributed by atoms with E-state index in [1.807, 2.05) is 12.1 Å². The summed E-state index contributed by atoms with van der Waals surface area (Å²) >= 11 is 4.99. The van der Waals surface area contributed by atoms with E-state index in [1.54, 1.807) is 17.8 Å². The lowest BCUT2D eigenvalue weighted by Gasteiger charge is -2.02. The molecule has 0 radical (unpaired) electrons. The summed E-state index contributed by atoms with van der Waals surface area (Å²) in [6.45, 7) is 2.06. The number of nitrogens with one attached hydrogen (secondary N) is 1. The van der Waals surface area contributed by atoms with Gasteiger partial charge in [0.05, 0.1) is 11.0 Å². The number of halogens is 2. The molecule has 0 aliphatic rings. The van der Waals surface area contributed by atoms with Crippen LogP contribution in [0.25, 0.3) is 11.0 Å². The Hall–Kier alpha value is -1.33. The number of H-pyrrole nitrogens is 1. The second-order valence-corrected chi connectivity index (χ2v) is 6.41. The summed E-state index contributed by atoms with van der Waals surface area (Å²) in [6, 6.07) is 10.9. The lowest BCUT2D eigenvalue weighted by atomic mass is 10.2. The number of benzene rings is 2. The van der Waals surface area contributed by atoms with Crippen LogP contribution in [0.15, 0.2) is 46.0 Å². The zero-order chi connectivity index (χ0) is 14.1. The average Bonchev–Trinajstić information content (AvgIpc) is 2.79. The molecule has 5 heteroatoms. The van der Waals surface area contributed by atoms with Gasteiger partial charge in [-0.2, -0.15) is 0 Å². The van der Waals surface area contributed by atoms with E-state index in [9.17, 15) is 4.39 Å². The third kappa shape index (κ3) is 2.88. The molecule has 0 saturated carbocycles. The lowest BCUT2D eigenvalue weighted by Crippen LogP contribution is -1.85. The molecule has 3 rings (SSSR count). The zero-order valence-corrected chi connectivity index (χ0v) is 13.2. The number of imidazole rings is 1. The van der Waals surface area contributed by atoms with Crippen LogP contribution in [0.4, 0.5) is 4.39 Å². The smallest absolute Gasteiger partial charge is 0.166 e. The van der Waals surface area contributed by atoms with E-state index in [-0.39, 0.29) is 5.82 Å². The molecule has 0 fully saturated rings. The van der Waals surface area contributed by atoms with Crippen LogP contribution in [0.3, 0.4) is 0 Å². The molecule has 1 aromatic heterocycles. The Morgan fingerprint density at radius 2 is 2.10 bits per heavy atom. The molecule has 1 heterocycles. The van der Waals surface area contributed by atoms with Gasteiger partial charge in [0.15, 0.2) is 5.16 Å². The largest absolute Gasteiger partial charge is 0.333 e. The SMILES string of the molecule is Cc1ccc2nc(SCc3ccc(F)cc3Br)[nH]c2c1. The summed E-state index contributed by atoms with van der Waals surface area (Å²) in [7, 11) is 0. The first-order valence-corrected chi connectivity index (χ1v) is 7.93. The summed E-state index contributed by atoms with van der Waals surface area (Å²) in [4.78, 5) is 7.83. The standard InChI is InChI=1S/C15H12BrFN2S/c1-9-2-5-13-14(6-9)19-15(18-13)20-8-10-3-4-11(17)7-12(10)16/h2-7H,8H2,1H3,(H,18,19). The maximum atomic E-state index is 13.0. The second kappa shape index (κ2) is 5.58. The first-order valence-electron chi connectivity index (χ1n) is 6.15. The molecule has 0 unspecified atom stereocenters. The van der Waals surface area contributed by atoms with E-state index < -0.39 is 0 Å². The number of aromatic nitrogens is 2. The van der Waals surface area contributed by atoms with Gasteiger partial charge in [-0.3, -0.25) is 0 Å². The molecular weight excluding hydrogens is 339 g/mol. The van der Waals surface area contributed by atoms with Crippen molar-refractivity contribution in [2.24, 2.45) is 0 Å².